The molecule has 0 unspecified atom stereocenters. The first kappa shape index (κ1) is 16.8. The summed E-state index contributed by atoms with van der Waals surface area (Å²) in [5.74, 6) is -0.217. The van der Waals surface area contributed by atoms with E-state index in [9.17, 15) is 9.59 Å². The summed E-state index contributed by atoms with van der Waals surface area (Å²) in [5, 5.41) is 5.38. The molecule has 0 saturated heterocycles. The van der Waals surface area contributed by atoms with E-state index < -0.39 is 11.7 Å². The summed E-state index contributed by atoms with van der Waals surface area (Å²) in [6.07, 6.45) is 0.152. The van der Waals surface area contributed by atoms with Crippen molar-refractivity contribution in [3.05, 3.63) is 29.8 Å². The lowest BCUT2D eigenvalue weighted by molar-refractivity contribution is 0.0527. The Kier molecular flexibility index (Phi) is 6.02. The first-order valence-corrected chi connectivity index (χ1v) is 6.89. The number of hydrogen-bond acceptors (Lipinski definition) is 4. The van der Waals surface area contributed by atoms with Gasteiger partial charge < -0.3 is 21.1 Å². The molecular weight excluding hydrogens is 270 g/mol. The van der Waals surface area contributed by atoms with Gasteiger partial charge >= 0.3 is 6.09 Å². The maximum Gasteiger partial charge on any atom is 0.407 e. The van der Waals surface area contributed by atoms with Gasteiger partial charge in [-0.3, -0.25) is 4.79 Å². The molecule has 0 radical (unpaired) electrons. The minimum atomic E-state index is -0.511. The normalized spacial score (nSPS) is 10.8. The number of rotatable bonds is 5. The summed E-state index contributed by atoms with van der Waals surface area (Å²) in [6, 6.07) is 6.88. The largest absolute Gasteiger partial charge is 0.444 e. The number of nitrogen functional groups attached to an aromatic ring is 1. The van der Waals surface area contributed by atoms with Crippen molar-refractivity contribution in [3.63, 3.8) is 0 Å². The van der Waals surface area contributed by atoms with Crippen LogP contribution in [0.5, 0.6) is 0 Å². The molecule has 6 nitrogen and oxygen atoms in total. The summed E-state index contributed by atoms with van der Waals surface area (Å²) < 4.78 is 5.10. The Labute approximate surface area is 125 Å². The SMILES string of the molecule is CC(C)(C)OC(=O)NCCCNC(=O)c1ccccc1N. The summed E-state index contributed by atoms with van der Waals surface area (Å²) in [7, 11) is 0. The second-order valence-electron chi connectivity index (χ2n) is 5.63. The molecule has 116 valence electrons. The fraction of sp³-hybridized carbons (Fsp3) is 0.467. The molecular formula is C15H23N3O3. The number of carbonyl (C=O) groups excluding carboxylic acids is 2. The molecule has 0 atom stereocenters. The zero-order valence-corrected chi connectivity index (χ0v) is 12.7. The number of anilines is 1. The highest BCUT2D eigenvalue weighted by Crippen LogP contribution is 2.09. The van der Waals surface area contributed by atoms with Crippen molar-refractivity contribution < 1.29 is 14.3 Å². The number of benzene rings is 1. The number of carbonyl (C=O) groups is 2. The van der Waals surface area contributed by atoms with Crippen LogP contribution in [-0.4, -0.2) is 30.7 Å². The van der Waals surface area contributed by atoms with E-state index in [1.165, 1.54) is 0 Å². The van der Waals surface area contributed by atoms with Gasteiger partial charge in [0.1, 0.15) is 5.60 Å². The maximum absolute atomic E-state index is 11.8. The van der Waals surface area contributed by atoms with Gasteiger partial charge in [-0.25, -0.2) is 4.79 Å². The molecule has 0 aromatic heterocycles. The number of nitrogens with two attached hydrogens (primary N) is 1. The van der Waals surface area contributed by atoms with Crippen LogP contribution in [0.4, 0.5) is 10.5 Å². The maximum atomic E-state index is 11.8. The van der Waals surface area contributed by atoms with Gasteiger partial charge in [-0.1, -0.05) is 12.1 Å². The number of para-hydroxylation sites is 1. The van der Waals surface area contributed by atoms with Crippen LogP contribution in [0, 0.1) is 0 Å². The highest BCUT2D eigenvalue weighted by atomic mass is 16.6. The predicted molar refractivity (Wildman–Crippen MR) is 82.0 cm³/mol. The van der Waals surface area contributed by atoms with Crippen LogP contribution in [-0.2, 0) is 4.74 Å². The van der Waals surface area contributed by atoms with E-state index in [4.69, 9.17) is 10.5 Å². The first-order valence-electron chi connectivity index (χ1n) is 6.89. The van der Waals surface area contributed by atoms with Crippen molar-refractivity contribution in [2.45, 2.75) is 32.8 Å². The summed E-state index contributed by atoms with van der Waals surface area (Å²) >= 11 is 0. The molecule has 0 heterocycles. The third-order valence-corrected chi connectivity index (χ3v) is 2.51. The second-order valence-corrected chi connectivity index (χ2v) is 5.63. The van der Waals surface area contributed by atoms with E-state index in [1.807, 2.05) is 0 Å². The smallest absolute Gasteiger partial charge is 0.407 e. The molecule has 1 aromatic rings. The lowest BCUT2D eigenvalue weighted by Crippen LogP contribution is -2.34. The molecule has 0 saturated carbocycles. The van der Waals surface area contributed by atoms with Crippen LogP contribution in [0.15, 0.2) is 24.3 Å². The topological polar surface area (TPSA) is 93.5 Å². The molecule has 0 aliphatic heterocycles. The van der Waals surface area contributed by atoms with E-state index in [1.54, 1.807) is 45.0 Å². The molecule has 2 amide bonds. The summed E-state index contributed by atoms with van der Waals surface area (Å²) in [5.41, 5.74) is 6.11. The number of amides is 2. The summed E-state index contributed by atoms with van der Waals surface area (Å²) in [6.45, 7) is 6.29. The molecule has 4 N–H and O–H groups in total. The molecule has 0 aliphatic rings. The Morgan fingerprint density at radius 2 is 1.76 bits per heavy atom. The van der Waals surface area contributed by atoms with Crippen molar-refractivity contribution >= 4 is 17.7 Å². The quantitative estimate of drug-likeness (QED) is 0.571. The zero-order chi connectivity index (χ0) is 15.9. The predicted octanol–water partition coefficient (Wildman–Crippen LogP) is 1.91. The lowest BCUT2D eigenvalue weighted by atomic mass is 10.1. The second kappa shape index (κ2) is 7.52. The molecule has 21 heavy (non-hydrogen) atoms. The van der Waals surface area contributed by atoms with Crippen LogP contribution in [0.2, 0.25) is 0 Å². The molecule has 0 spiro atoms. The fourth-order valence-electron chi connectivity index (χ4n) is 1.59. The monoisotopic (exact) mass is 293 g/mol. The van der Waals surface area contributed by atoms with Crippen molar-refractivity contribution in [3.8, 4) is 0 Å². The third kappa shape index (κ3) is 6.65. The van der Waals surface area contributed by atoms with Crippen molar-refractivity contribution in [1.82, 2.24) is 10.6 Å². The Morgan fingerprint density at radius 1 is 1.14 bits per heavy atom. The van der Waals surface area contributed by atoms with E-state index >= 15 is 0 Å². The minimum absolute atomic E-state index is 0.217. The van der Waals surface area contributed by atoms with Crippen LogP contribution >= 0.6 is 0 Å². The van der Waals surface area contributed by atoms with Gasteiger partial charge in [-0.15, -0.1) is 0 Å². The van der Waals surface area contributed by atoms with Gasteiger partial charge in [0.25, 0.3) is 5.91 Å². The van der Waals surface area contributed by atoms with Crippen LogP contribution in [0.25, 0.3) is 0 Å². The molecule has 0 bridgehead atoms. The Morgan fingerprint density at radius 3 is 2.38 bits per heavy atom. The van der Waals surface area contributed by atoms with Crippen molar-refractivity contribution in [2.75, 3.05) is 18.8 Å². The Balaban J connectivity index is 2.22. The molecule has 0 aliphatic carbocycles. The van der Waals surface area contributed by atoms with E-state index in [-0.39, 0.29) is 5.91 Å². The number of nitrogens with one attached hydrogen (secondary N) is 2. The van der Waals surface area contributed by atoms with Gasteiger partial charge in [0, 0.05) is 18.8 Å². The van der Waals surface area contributed by atoms with Gasteiger partial charge in [0.15, 0.2) is 0 Å². The van der Waals surface area contributed by atoms with Gasteiger partial charge in [0.2, 0.25) is 0 Å². The Bertz CT molecular complexity index is 495. The average molecular weight is 293 g/mol. The molecule has 6 heteroatoms. The van der Waals surface area contributed by atoms with Crippen LogP contribution < -0.4 is 16.4 Å². The molecule has 1 aromatic carbocycles. The van der Waals surface area contributed by atoms with E-state index in [2.05, 4.69) is 10.6 Å². The van der Waals surface area contributed by atoms with Crippen molar-refractivity contribution in [2.24, 2.45) is 0 Å². The minimum Gasteiger partial charge on any atom is -0.444 e. The first-order chi connectivity index (χ1) is 9.79. The van der Waals surface area contributed by atoms with E-state index in [0.717, 1.165) is 0 Å². The highest BCUT2D eigenvalue weighted by Gasteiger charge is 2.15. The third-order valence-electron chi connectivity index (χ3n) is 2.51. The van der Waals surface area contributed by atoms with Gasteiger partial charge in [-0.2, -0.15) is 0 Å². The Hall–Kier alpha value is -2.24. The lowest BCUT2D eigenvalue weighted by Gasteiger charge is -2.19. The van der Waals surface area contributed by atoms with Gasteiger partial charge in [-0.05, 0) is 39.3 Å². The fourth-order valence-corrected chi connectivity index (χ4v) is 1.59. The molecule has 1 rings (SSSR count). The van der Waals surface area contributed by atoms with Crippen LogP contribution in [0.3, 0.4) is 0 Å². The summed E-state index contributed by atoms with van der Waals surface area (Å²) in [4.78, 5) is 23.2. The molecule has 0 fully saturated rings. The van der Waals surface area contributed by atoms with E-state index in [0.29, 0.717) is 30.8 Å². The number of ether oxygens (including phenoxy) is 1. The highest BCUT2D eigenvalue weighted by molar-refractivity contribution is 5.99. The number of hydrogen-bond donors (Lipinski definition) is 3. The van der Waals surface area contributed by atoms with Crippen LogP contribution in [0.1, 0.15) is 37.6 Å². The zero-order valence-electron chi connectivity index (χ0n) is 12.7. The standard InChI is InChI=1S/C15H23N3O3/c1-15(2,3)21-14(20)18-10-6-9-17-13(19)11-7-4-5-8-12(11)16/h4-5,7-8H,6,9-10,16H2,1-3H3,(H,17,19)(H,18,20). The van der Waals surface area contributed by atoms with Crippen molar-refractivity contribution in [1.29, 1.82) is 0 Å². The average Bonchev–Trinajstić information content (AvgIpc) is 2.36. The van der Waals surface area contributed by atoms with Gasteiger partial charge in [0.05, 0.1) is 5.56 Å². The number of alkyl carbamates (subject to hydrolysis) is 1.